The summed E-state index contributed by atoms with van der Waals surface area (Å²) in [7, 11) is 2.08. The van der Waals surface area contributed by atoms with Crippen LogP contribution in [0.4, 0.5) is 5.69 Å². The van der Waals surface area contributed by atoms with Crippen molar-refractivity contribution in [3.63, 3.8) is 0 Å². The molecule has 1 aromatic carbocycles. The van der Waals surface area contributed by atoms with Gasteiger partial charge >= 0.3 is 0 Å². The third kappa shape index (κ3) is 3.70. The SMILES string of the molecule is CC(C)Nc1ccccc1C(=O)NC1CCN(C)C1. The monoisotopic (exact) mass is 261 g/mol. The van der Waals surface area contributed by atoms with Crippen LogP contribution >= 0.6 is 0 Å². The first-order chi connectivity index (χ1) is 9.06. The fraction of sp³-hybridized carbons (Fsp3) is 0.533. The van der Waals surface area contributed by atoms with Crippen LogP contribution in [0.1, 0.15) is 30.6 Å². The number of rotatable bonds is 4. The summed E-state index contributed by atoms with van der Waals surface area (Å²) in [5, 5.41) is 6.44. The van der Waals surface area contributed by atoms with E-state index < -0.39 is 0 Å². The van der Waals surface area contributed by atoms with Crippen molar-refractivity contribution in [2.24, 2.45) is 0 Å². The van der Waals surface area contributed by atoms with Crippen LogP contribution in [0.25, 0.3) is 0 Å². The molecule has 0 aliphatic carbocycles. The number of hydrogen-bond acceptors (Lipinski definition) is 3. The molecule has 0 spiro atoms. The van der Waals surface area contributed by atoms with Crippen LogP contribution in [0.2, 0.25) is 0 Å². The second kappa shape index (κ2) is 6.06. The van der Waals surface area contributed by atoms with Gasteiger partial charge in [0.2, 0.25) is 0 Å². The molecule has 1 aliphatic heterocycles. The molecule has 1 amide bonds. The predicted octanol–water partition coefficient (Wildman–Crippen LogP) is 1.94. The number of amides is 1. The number of carbonyl (C=O) groups excluding carboxylic acids is 1. The van der Waals surface area contributed by atoms with Crippen LogP contribution in [-0.4, -0.2) is 43.0 Å². The number of para-hydroxylation sites is 1. The lowest BCUT2D eigenvalue weighted by molar-refractivity contribution is 0.0939. The molecular weight excluding hydrogens is 238 g/mol. The maximum Gasteiger partial charge on any atom is 0.253 e. The van der Waals surface area contributed by atoms with Crippen LogP contribution in [0.5, 0.6) is 0 Å². The molecule has 1 unspecified atom stereocenters. The van der Waals surface area contributed by atoms with E-state index in [1.54, 1.807) is 0 Å². The van der Waals surface area contributed by atoms with Gasteiger partial charge in [-0.3, -0.25) is 4.79 Å². The van der Waals surface area contributed by atoms with Crippen molar-refractivity contribution < 1.29 is 4.79 Å². The summed E-state index contributed by atoms with van der Waals surface area (Å²) in [5.41, 5.74) is 1.63. The topological polar surface area (TPSA) is 44.4 Å². The first-order valence-electron chi connectivity index (χ1n) is 6.91. The molecular formula is C15H23N3O. The van der Waals surface area contributed by atoms with Gasteiger partial charge in [-0.1, -0.05) is 12.1 Å². The van der Waals surface area contributed by atoms with Crippen molar-refractivity contribution in [2.45, 2.75) is 32.4 Å². The first-order valence-corrected chi connectivity index (χ1v) is 6.91. The summed E-state index contributed by atoms with van der Waals surface area (Å²) >= 11 is 0. The Morgan fingerprint density at radius 3 is 2.74 bits per heavy atom. The van der Waals surface area contributed by atoms with Gasteiger partial charge in [0.05, 0.1) is 5.56 Å². The van der Waals surface area contributed by atoms with Gasteiger partial charge in [0.25, 0.3) is 5.91 Å². The van der Waals surface area contributed by atoms with Crippen molar-refractivity contribution >= 4 is 11.6 Å². The van der Waals surface area contributed by atoms with E-state index in [-0.39, 0.29) is 11.9 Å². The Morgan fingerprint density at radius 2 is 2.11 bits per heavy atom. The quantitative estimate of drug-likeness (QED) is 0.870. The lowest BCUT2D eigenvalue weighted by Gasteiger charge is -2.17. The predicted molar refractivity (Wildman–Crippen MR) is 78.6 cm³/mol. The molecule has 2 rings (SSSR count). The smallest absolute Gasteiger partial charge is 0.253 e. The summed E-state index contributed by atoms with van der Waals surface area (Å²) in [5.74, 6) is 0.0176. The Hall–Kier alpha value is -1.55. The van der Waals surface area contributed by atoms with Gasteiger partial charge in [-0.2, -0.15) is 0 Å². The van der Waals surface area contributed by atoms with E-state index >= 15 is 0 Å². The van der Waals surface area contributed by atoms with E-state index in [1.807, 2.05) is 24.3 Å². The molecule has 4 heteroatoms. The second-order valence-electron chi connectivity index (χ2n) is 5.57. The molecule has 0 bridgehead atoms. The van der Waals surface area contributed by atoms with Crippen LogP contribution < -0.4 is 10.6 Å². The number of hydrogen-bond donors (Lipinski definition) is 2. The molecule has 0 radical (unpaired) electrons. The number of anilines is 1. The molecule has 104 valence electrons. The molecule has 1 atom stereocenters. The Morgan fingerprint density at radius 1 is 1.37 bits per heavy atom. The molecule has 0 aromatic heterocycles. The van der Waals surface area contributed by atoms with Crippen LogP contribution in [0.3, 0.4) is 0 Å². The highest BCUT2D eigenvalue weighted by molar-refractivity contribution is 5.99. The van der Waals surface area contributed by atoms with Gasteiger partial charge in [0.1, 0.15) is 0 Å². The third-order valence-corrected chi connectivity index (χ3v) is 3.34. The summed E-state index contributed by atoms with van der Waals surface area (Å²) < 4.78 is 0. The van der Waals surface area contributed by atoms with E-state index in [1.165, 1.54) is 0 Å². The Bertz CT molecular complexity index is 445. The van der Waals surface area contributed by atoms with Gasteiger partial charge in [0, 0.05) is 24.3 Å². The maximum absolute atomic E-state index is 12.3. The van der Waals surface area contributed by atoms with Crippen LogP contribution in [0, 0.1) is 0 Å². The molecule has 4 nitrogen and oxygen atoms in total. The Kier molecular flexibility index (Phi) is 4.43. The number of likely N-dealkylation sites (tertiary alicyclic amines) is 1. The van der Waals surface area contributed by atoms with Gasteiger partial charge < -0.3 is 15.5 Å². The van der Waals surface area contributed by atoms with E-state index in [0.29, 0.717) is 6.04 Å². The lowest BCUT2D eigenvalue weighted by Crippen LogP contribution is -2.36. The van der Waals surface area contributed by atoms with Gasteiger partial charge in [-0.25, -0.2) is 0 Å². The Labute approximate surface area is 115 Å². The molecule has 1 fully saturated rings. The number of nitrogens with one attached hydrogen (secondary N) is 2. The summed E-state index contributed by atoms with van der Waals surface area (Å²) in [6, 6.07) is 8.26. The normalized spacial score (nSPS) is 19.7. The summed E-state index contributed by atoms with van der Waals surface area (Å²) in [6.07, 6.45) is 1.03. The molecule has 2 N–H and O–H groups in total. The minimum Gasteiger partial charge on any atom is -0.382 e. The van der Waals surface area contributed by atoms with Gasteiger partial charge in [-0.05, 0) is 46.0 Å². The summed E-state index contributed by atoms with van der Waals surface area (Å²) in [4.78, 5) is 14.6. The zero-order valence-corrected chi connectivity index (χ0v) is 11.9. The van der Waals surface area contributed by atoms with Gasteiger partial charge in [-0.15, -0.1) is 0 Å². The van der Waals surface area contributed by atoms with Crippen LogP contribution in [0.15, 0.2) is 24.3 Å². The fourth-order valence-corrected chi connectivity index (χ4v) is 2.43. The molecule has 19 heavy (non-hydrogen) atoms. The van der Waals surface area contributed by atoms with Crippen molar-refractivity contribution in [1.82, 2.24) is 10.2 Å². The van der Waals surface area contributed by atoms with E-state index in [4.69, 9.17) is 0 Å². The van der Waals surface area contributed by atoms with Crippen molar-refractivity contribution in [3.05, 3.63) is 29.8 Å². The molecule has 1 aliphatic rings. The van der Waals surface area contributed by atoms with Crippen molar-refractivity contribution in [2.75, 3.05) is 25.5 Å². The third-order valence-electron chi connectivity index (χ3n) is 3.34. The largest absolute Gasteiger partial charge is 0.382 e. The number of carbonyl (C=O) groups is 1. The average molecular weight is 261 g/mol. The van der Waals surface area contributed by atoms with Gasteiger partial charge in [0.15, 0.2) is 0 Å². The minimum absolute atomic E-state index is 0.0176. The van der Waals surface area contributed by atoms with Crippen molar-refractivity contribution in [1.29, 1.82) is 0 Å². The number of benzene rings is 1. The molecule has 1 saturated heterocycles. The highest BCUT2D eigenvalue weighted by Gasteiger charge is 2.22. The fourth-order valence-electron chi connectivity index (χ4n) is 2.43. The second-order valence-corrected chi connectivity index (χ2v) is 5.57. The van der Waals surface area contributed by atoms with Crippen molar-refractivity contribution in [3.8, 4) is 0 Å². The zero-order chi connectivity index (χ0) is 13.8. The minimum atomic E-state index is 0.0176. The maximum atomic E-state index is 12.3. The molecule has 1 heterocycles. The average Bonchev–Trinajstić information content (AvgIpc) is 2.74. The van der Waals surface area contributed by atoms with E-state index in [2.05, 4.69) is 36.4 Å². The van der Waals surface area contributed by atoms with Crippen LogP contribution in [-0.2, 0) is 0 Å². The zero-order valence-electron chi connectivity index (χ0n) is 11.9. The highest BCUT2D eigenvalue weighted by atomic mass is 16.1. The highest BCUT2D eigenvalue weighted by Crippen LogP contribution is 2.17. The number of nitrogens with zero attached hydrogens (tertiary/aromatic N) is 1. The number of likely N-dealkylation sites (N-methyl/N-ethyl adjacent to an activating group) is 1. The lowest BCUT2D eigenvalue weighted by atomic mass is 10.1. The standard InChI is InChI=1S/C15H23N3O/c1-11(2)16-14-7-5-4-6-13(14)15(19)17-12-8-9-18(3)10-12/h4-7,11-12,16H,8-10H2,1-3H3,(H,17,19). The first kappa shape index (κ1) is 13.9. The van der Waals surface area contributed by atoms with E-state index in [0.717, 1.165) is 30.8 Å². The molecule has 0 saturated carbocycles. The molecule has 1 aromatic rings. The van der Waals surface area contributed by atoms with E-state index in [9.17, 15) is 4.79 Å². The summed E-state index contributed by atoms with van der Waals surface area (Å²) in [6.45, 7) is 6.13. The Balaban J connectivity index is 2.06.